The van der Waals surface area contributed by atoms with Gasteiger partial charge in [0.2, 0.25) is 0 Å². The number of carbonyl (C=O) groups is 1. The Morgan fingerprint density at radius 2 is 1.89 bits per heavy atom. The molecule has 1 saturated carbocycles. The lowest BCUT2D eigenvalue weighted by Crippen LogP contribution is -2.29. The molecule has 5 nitrogen and oxygen atoms in total. The summed E-state index contributed by atoms with van der Waals surface area (Å²) in [5.74, 6) is -1.69. The van der Waals surface area contributed by atoms with Gasteiger partial charge in [-0.2, -0.15) is 0 Å². The number of ether oxygens (including phenoxy) is 1. The molecule has 2 aliphatic rings. The van der Waals surface area contributed by atoms with Gasteiger partial charge in [-0.1, -0.05) is 6.42 Å². The van der Waals surface area contributed by atoms with E-state index < -0.39 is 17.6 Å². The lowest BCUT2D eigenvalue weighted by Gasteiger charge is -2.27. The molecular formula is C27H30BrClF2N2O3S. The fourth-order valence-electron chi connectivity index (χ4n) is 5.08. The van der Waals surface area contributed by atoms with Crippen molar-refractivity contribution in [2.75, 3.05) is 19.7 Å². The zero-order chi connectivity index (χ0) is 25.4. The minimum Gasteiger partial charge on any atom is -0.506 e. The van der Waals surface area contributed by atoms with Crippen molar-refractivity contribution in [3.05, 3.63) is 57.2 Å². The first kappa shape index (κ1) is 28.2. The number of carbonyl (C=O) groups excluding carboxylic acids is 1. The number of thioether (sulfide) groups is 1. The van der Waals surface area contributed by atoms with Gasteiger partial charge in [-0.15, -0.1) is 24.2 Å². The number of aromatic hydroxyl groups is 1. The van der Waals surface area contributed by atoms with Gasteiger partial charge >= 0.3 is 5.97 Å². The molecule has 10 heteroatoms. The van der Waals surface area contributed by atoms with Gasteiger partial charge in [0.1, 0.15) is 5.75 Å². The summed E-state index contributed by atoms with van der Waals surface area (Å²) >= 11 is 4.90. The number of hydrogen-bond acceptors (Lipinski definition) is 5. The van der Waals surface area contributed by atoms with Crippen molar-refractivity contribution >= 4 is 57.0 Å². The monoisotopic (exact) mass is 614 g/mol. The summed E-state index contributed by atoms with van der Waals surface area (Å²) in [6.07, 6.45) is 5.42. The number of rotatable bonds is 8. The van der Waals surface area contributed by atoms with Gasteiger partial charge in [-0.25, -0.2) is 13.6 Å². The highest BCUT2D eigenvalue weighted by Gasteiger charge is 2.35. The molecule has 37 heavy (non-hydrogen) atoms. The van der Waals surface area contributed by atoms with Crippen LogP contribution in [-0.2, 0) is 17.0 Å². The second-order valence-corrected chi connectivity index (χ2v) is 11.3. The lowest BCUT2D eigenvalue weighted by molar-refractivity contribution is 0.0527. The molecule has 0 bridgehead atoms. The summed E-state index contributed by atoms with van der Waals surface area (Å²) in [4.78, 5) is 16.3. The van der Waals surface area contributed by atoms with Crippen LogP contribution in [0.4, 0.5) is 8.78 Å². The Kier molecular flexibility index (Phi) is 9.09. The molecule has 2 heterocycles. The minimum absolute atomic E-state index is 0. The Balaban J connectivity index is 0.00000320. The van der Waals surface area contributed by atoms with Crippen molar-refractivity contribution in [3.63, 3.8) is 0 Å². The molecule has 2 aromatic carbocycles. The van der Waals surface area contributed by atoms with Crippen molar-refractivity contribution in [1.29, 1.82) is 0 Å². The van der Waals surface area contributed by atoms with Gasteiger partial charge < -0.3 is 14.4 Å². The maximum absolute atomic E-state index is 13.9. The first-order valence-corrected chi connectivity index (χ1v) is 14.2. The van der Waals surface area contributed by atoms with Crippen LogP contribution in [0.5, 0.6) is 5.75 Å². The largest absolute Gasteiger partial charge is 0.506 e. The van der Waals surface area contributed by atoms with E-state index in [0.717, 1.165) is 67.0 Å². The molecule has 1 aliphatic heterocycles. The fraction of sp³-hybridized carbons (Fsp3) is 0.444. The second-order valence-electron chi connectivity index (χ2n) is 9.42. The number of esters is 1. The number of likely N-dealkylation sites (tertiary alicyclic amines) is 1. The van der Waals surface area contributed by atoms with Crippen LogP contribution in [0.3, 0.4) is 0 Å². The quantitative estimate of drug-likeness (QED) is 0.209. The Morgan fingerprint density at radius 3 is 2.54 bits per heavy atom. The van der Waals surface area contributed by atoms with Gasteiger partial charge in [-0.05, 0) is 85.9 Å². The van der Waals surface area contributed by atoms with Gasteiger partial charge in [0, 0.05) is 39.9 Å². The van der Waals surface area contributed by atoms with E-state index in [4.69, 9.17) is 4.74 Å². The highest BCUT2D eigenvalue weighted by molar-refractivity contribution is 9.10. The SMILES string of the molecule is CCOC(=O)c1c(CSc2ccc(F)c(F)c2)n(C2CC2)c2cc(Br)c(O)c(CN3CCCCC3)c12.Cl. The molecule has 1 N–H and O–H groups in total. The molecule has 0 spiro atoms. The molecule has 3 aromatic rings. The third-order valence-corrected chi connectivity index (χ3v) is 8.52. The first-order valence-electron chi connectivity index (χ1n) is 12.4. The van der Waals surface area contributed by atoms with E-state index >= 15 is 0 Å². The van der Waals surface area contributed by atoms with Crippen LogP contribution in [-0.4, -0.2) is 40.2 Å². The summed E-state index contributed by atoms with van der Waals surface area (Å²) in [5, 5.41) is 11.9. The fourth-order valence-corrected chi connectivity index (χ4v) is 6.48. The van der Waals surface area contributed by atoms with Gasteiger partial charge in [0.05, 0.1) is 22.2 Å². The third kappa shape index (κ3) is 5.79. The topological polar surface area (TPSA) is 54.7 Å². The van der Waals surface area contributed by atoms with Crippen LogP contribution in [0, 0.1) is 11.6 Å². The highest BCUT2D eigenvalue weighted by Crippen LogP contribution is 2.47. The minimum atomic E-state index is -0.897. The molecule has 1 aromatic heterocycles. The summed E-state index contributed by atoms with van der Waals surface area (Å²) in [6.45, 7) is 4.44. The van der Waals surface area contributed by atoms with Gasteiger partial charge in [0.15, 0.2) is 11.6 Å². The number of benzene rings is 2. The average Bonchev–Trinajstić information content (AvgIpc) is 3.65. The lowest BCUT2D eigenvalue weighted by atomic mass is 10.0. The molecule has 0 unspecified atom stereocenters. The van der Waals surface area contributed by atoms with E-state index in [0.29, 0.717) is 27.2 Å². The van der Waals surface area contributed by atoms with Gasteiger partial charge in [0.25, 0.3) is 0 Å². The number of phenolic OH excluding ortho intramolecular Hbond substituents is 1. The standard InChI is InChI=1S/C27H29BrF2N2O3S.ClH/c1-2-35-27(34)25-23(15-36-17-8-9-20(29)21(30)12-17)32(16-6-7-16)22-13-19(28)26(33)18(24(22)25)14-31-10-4-3-5-11-31;/h8-9,12-13,16,33H,2-7,10-11,14-15H2,1H3;1H. The Morgan fingerprint density at radius 1 is 1.16 bits per heavy atom. The average molecular weight is 616 g/mol. The Bertz CT molecular complexity index is 1310. The summed E-state index contributed by atoms with van der Waals surface area (Å²) in [7, 11) is 0. The number of phenols is 1. The predicted octanol–water partition coefficient (Wildman–Crippen LogP) is 7.60. The van der Waals surface area contributed by atoms with E-state index in [-0.39, 0.29) is 30.8 Å². The molecule has 0 atom stereocenters. The van der Waals surface area contributed by atoms with E-state index in [1.807, 2.05) is 6.07 Å². The summed E-state index contributed by atoms with van der Waals surface area (Å²) in [5.41, 5.74) is 2.86. The third-order valence-electron chi connectivity index (χ3n) is 6.91. The van der Waals surface area contributed by atoms with Crippen LogP contribution in [0.25, 0.3) is 10.9 Å². The maximum atomic E-state index is 13.9. The van der Waals surface area contributed by atoms with E-state index in [1.54, 1.807) is 13.0 Å². The smallest absolute Gasteiger partial charge is 0.340 e. The molecule has 1 saturated heterocycles. The van der Waals surface area contributed by atoms with E-state index in [1.165, 1.54) is 24.2 Å². The number of nitrogens with zero attached hydrogens (tertiary/aromatic N) is 2. The Hall–Kier alpha value is -1.81. The van der Waals surface area contributed by atoms with Crippen molar-refractivity contribution in [2.24, 2.45) is 0 Å². The molecular weight excluding hydrogens is 586 g/mol. The maximum Gasteiger partial charge on any atom is 0.340 e. The number of fused-ring (bicyclic) bond motifs is 1. The van der Waals surface area contributed by atoms with Crippen molar-refractivity contribution < 1.29 is 23.4 Å². The number of hydrogen-bond donors (Lipinski definition) is 1. The predicted molar refractivity (Wildman–Crippen MR) is 148 cm³/mol. The van der Waals surface area contributed by atoms with Crippen LogP contribution in [0.2, 0.25) is 0 Å². The number of piperidine rings is 1. The first-order chi connectivity index (χ1) is 17.4. The molecule has 200 valence electrons. The van der Waals surface area contributed by atoms with Crippen LogP contribution < -0.4 is 0 Å². The van der Waals surface area contributed by atoms with Crippen molar-refractivity contribution in [1.82, 2.24) is 9.47 Å². The summed E-state index contributed by atoms with van der Waals surface area (Å²) in [6, 6.07) is 5.97. The second kappa shape index (κ2) is 11.9. The van der Waals surface area contributed by atoms with Crippen LogP contribution in [0.1, 0.15) is 66.7 Å². The van der Waals surface area contributed by atoms with Gasteiger partial charge in [-0.3, -0.25) is 4.90 Å². The van der Waals surface area contributed by atoms with Crippen LogP contribution in [0.15, 0.2) is 33.6 Å². The van der Waals surface area contributed by atoms with E-state index in [2.05, 4.69) is 25.4 Å². The molecule has 0 radical (unpaired) electrons. The summed E-state index contributed by atoms with van der Waals surface area (Å²) < 4.78 is 35.6. The normalized spacial score (nSPS) is 16.1. The van der Waals surface area contributed by atoms with Crippen molar-refractivity contribution in [2.45, 2.75) is 62.3 Å². The van der Waals surface area contributed by atoms with Crippen molar-refractivity contribution in [3.8, 4) is 5.75 Å². The highest BCUT2D eigenvalue weighted by atomic mass is 79.9. The molecule has 0 amide bonds. The van der Waals surface area contributed by atoms with E-state index in [9.17, 15) is 18.7 Å². The molecule has 5 rings (SSSR count). The molecule has 2 fully saturated rings. The van der Waals surface area contributed by atoms with Crippen LogP contribution >= 0.6 is 40.1 Å². The zero-order valence-electron chi connectivity index (χ0n) is 20.6. The Labute approximate surface area is 234 Å². The number of aromatic nitrogens is 1. The molecule has 1 aliphatic carbocycles. The zero-order valence-corrected chi connectivity index (χ0v) is 23.8. The number of halogens is 4.